The maximum atomic E-state index is 12.3. The van der Waals surface area contributed by atoms with E-state index in [0.29, 0.717) is 32.5 Å². The van der Waals surface area contributed by atoms with E-state index in [9.17, 15) is 4.79 Å². The number of aromatic nitrogens is 4. The van der Waals surface area contributed by atoms with Crippen LogP contribution in [-0.2, 0) is 29.0 Å². The summed E-state index contributed by atoms with van der Waals surface area (Å²) in [4.78, 5) is 14.6. The lowest BCUT2D eigenvalue weighted by Gasteiger charge is -2.26. The number of nitrogens with one attached hydrogen (secondary N) is 1. The van der Waals surface area contributed by atoms with Crippen LogP contribution in [0.15, 0.2) is 24.3 Å². The van der Waals surface area contributed by atoms with Crippen molar-refractivity contribution in [2.24, 2.45) is 0 Å². The summed E-state index contributed by atoms with van der Waals surface area (Å²) >= 11 is 0. The fourth-order valence-corrected chi connectivity index (χ4v) is 3.58. The van der Waals surface area contributed by atoms with Crippen LogP contribution < -0.4 is 10.1 Å². The number of carbonyl (C=O) groups excluding carboxylic acids is 1. The van der Waals surface area contributed by atoms with Crippen LogP contribution in [0.3, 0.4) is 0 Å². The molecule has 28 heavy (non-hydrogen) atoms. The smallest absolute Gasteiger partial charge is 0.220 e. The Kier molecular flexibility index (Phi) is 6.13. The number of nitrogens with zero attached hydrogens (tertiary/aromatic N) is 5. The number of morpholine rings is 1. The monoisotopic (exact) mass is 386 g/mol. The Morgan fingerprint density at radius 1 is 1.25 bits per heavy atom. The lowest BCUT2D eigenvalue weighted by Crippen LogP contribution is -2.42. The first-order valence-electron chi connectivity index (χ1n) is 9.83. The van der Waals surface area contributed by atoms with Crippen molar-refractivity contribution in [3.63, 3.8) is 0 Å². The fourth-order valence-electron chi connectivity index (χ4n) is 3.58. The van der Waals surface area contributed by atoms with Gasteiger partial charge in [-0.1, -0.05) is 18.2 Å². The van der Waals surface area contributed by atoms with E-state index in [1.807, 2.05) is 24.3 Å². The molecular formula is C19H26N6O3. The largest absolute Gasteiger partial charge is 0.491 e. The van der Waals surface area contributed by atoms with Crippen LogP contribution in [-0.4, -0.2) is 70.0 Å². The van der Waals surface area contributed by atoms with Crippen LogP contribution in [0.4, 0.5) is 0 Å². The van der Waals surface area contributed by atoms with Crippen LogP contribution in [0.2, 0.25) is 0 Å². The number of carbonyl (C=O) groups is 1. The molecule has 2 aromatic rings. The molecule has 2 aliphatic heterocycles. The summed E-state index contributed by atoms with van der Waals surface area (Å²) in [5.41, 5.74) is 1.14. The molecule has 1 aromatic heterocycles. The third-order valence-corrected chi connectivity index (χ3v) is 5.09. The van der Waals surface area contributed by atoms with E-state index >= 15 is 0 Å². The van der Waals surface area contributed by atoms with E-state index in [4.69, 9.17) is 9.47 Å². The average molecular weight is 386 g/mol. The summed E-state index contributed by atoms with van der Waals surface area (Å²) in [6, 6.07) is 7.99. The number of hydrogen-bond acceptors (Lipinski definition) is 7. The molecule has 0 spiro atoms. The normalized spacial score (nSPS) is 19.6. The van der Waals surface area contributed by atoms with Crippen molar-refractivity contribution in [3.05, 3.63) is 35.7 Å². The standard InChI is InChI=1S/C19H26N6O3/c26-19(20-16-12-15-4-1-2-5-17(15)28-14-16)6-3-7-25-18(21-22-23-25)13-24-8-10-27-11-9-24/h1-2,4-5,16H,3,6-14H2,(H,20,26). The number of fused-ring (bicyclic) bond motifs is 1. The zero-order valence-corrected chi connectivity index (χ0v) is 15.9. The Labute approximate surface area is 164 Å². The highest BCUT2D eigenvalue weighted by Gasteiger charge is 2.21. The molecule has 1 N–H and O–H groups in total. The lowest BCUT2D eigenvalue weighted by molar-refractivity contribution is -0.122. The highest BCUT2D eigenvalue weighted by Crippen LogP contribution is 2.23. The highest BCUT2D eigenvalue weighted by molar-refractivity contribution is 5.76. The van der Waals surface area contributed by atoms with Crippen molar-refractivity contribution in [1.82, 2.24) is 30.4 Å². The molecule has 4 rings (SSSR count). The van der Waals surface area contributed by atoms with Gasteiger partial charge in [0.15, 0.2) is 5.82 Å². The maximum absolute atomic E-state index is 12.3. The molecule has 9 nitrogen and oxygen atoms in total. The molecule has 1 aromatic carbocycles. The van der Waals surface area contributed by atoms with Crippen LogP contribution in [0, 0.1) is 0 Å². The van der Waals surface area contributed by atoms with Gasteiger partial charge < -0.3 is 14.8 Å². The molecule has 9 heteroatoms. The Morgan fingerprint density at radius 3 is 3.00 bits per heavy atom. The first-order chi connectivity index (χ1) is 13.8. The summed E-state index contributed by atoms with van der Waals surface area (Å²) in [6.45, 7) is 5.13. The Bertz CT molecular complexity index is 789. The van der Waals surface area contributed by atoms with Gasteiger partial charge in [-0.2, -0.15) is 0 Å². The first-order valence-corrected chi connectivity index (χ1v) is 9.83. The molecule has 0 aliphatic carbocycles. The Morgan fingerprint density at radius 2 is 2.11 bits per heavy atom. The van der Waals surface area contributed by atoms with E-state index in [1.165, 1.54) is 0 Å². The molecule has 1 amide bonds. The van der Waals surface area contributed by atoms with Gasteiger partial charge in [-0.3, -0.25) is 9.69 Å². The number of para-hydroxylation sites is 1. The van der Waals surface area contributed by atoms with E-state index in [2.05, 4.69) is 25.7 Å². The number of hydrogen-bond donors (Lipinski definition) is 1. The predicted molar refractivity (Wildman–Crippen MR) is 101 cm³/mol. The van der Waals surface area contributed by atoms with Crippen LogP contribution in [0.5, 0.6) is 5.75 Å². The third-order valence-electron chi connectivity index (χ3n) is 5.09. The number of rotatable bonds is 7. The first kappa shape index (κ1) is 18.8. The second kappa shape index (κ2) is 9.11. The maximum Gasteiger partial charge on any atom is 0.220 e. The topological polar surface area (TPSA) is 94.4 Å². The number of tetrazole rings is 1. The molecule has 1 fully saturated rings. The number of benzene rings is 1. The summed E-state index contributed by atoms with van der Waals surface area (Å²) in [5.74, 6) is 1.79. The highest BCUT2D eigenvalue weighted by atomic mass is 16.5. The SMILES string of the molecule is O=C(CCCn1nnnc1CN1CCOCC1)NC1COc2ccccc2C1. The zero-order chi connectivity index (χ0) is 19.2. The zero-order valence-electron chi connectivity index (χ0n) is 15.9. The van der Waals surface area contributed by atoms with Crippen molar-refractivity contribution >= 4 is 5.91 Å². The summed E-state index contributed by atoms with van der Waals surface area (Å²) in [6.07, 6.45) is 1.94. The van der Waals surface area contributed by atoms with Crippen LogP contribution >= 0.6 is 0 Å². The third kappa shape index (κ3) is 4.85. The van der Waals surface area contributed by atoms with Crippen LogP contribution in [0.25, 0.3) is 0 Å². The van der Waals surface area contributed by atoms with E-state index in [1.54, 1.807) is 4.68 Å². The molecule has 0 saturated carbocycles. The van der Waals surface area contributed by atoms with E-state index < -0.39 is 0 Å². The average Bonchev–Trinajstić information content (AvgIpc) is 3.15. The van der Waals surface area contributed by atoms with E-state index in [-0.39, 0.29) is 11.9 Å². The molecule has 1 atom stereocenters. The predicted octanol–water partition coefficient (Wildman–Crippen LogP) is 0.405. The van der Waals surface area contributed by atoms with Crippen LogP contribution in [0.1, 0.15) is 24.2 Å². The van der Waals surface area contributed by atoms with Gasteiger partial charge in [0.05, 0.1) is 25.8 Å². The molecule has 1 saturated heterocycles. The second-order valence-electron chi connectivity index (χ2n) is 7.20. The van der Waals surface area contributed by atoms with Gasteiger partial charge in [0, 0.05) is 26.1 Å². The lowest BCUT2D eigenvalue weighted by atomic mass is 10.0. The molecule has 3 heterocycles. The molecule has 0 bridgehead atoms. The summed E-state index contributed by atoms with van der Waals surface area (Å²) in [5, 5.41) is 15.1. The number of aryl methyl sites for hydroxylation is 1. The molecular weight excluding hydrogens is 360 g/mol. The number of ether oxygens (including phenoxy) is 2. The van der Waals surface area contributed by atoms with Gasteiger partial charge in [0.25, 0.3) is 0 Å². The van der Waals surface area contributed by atoms with Crippen molar-refractivity contribution in [1.29, 1.82) is 0 Å². The van der Waals surface area contributed by atoms with Crippen molar-refractivity contribution in [3.8, 4) is 5.75 Å². The fraction of sp³-hybridized carbons (Fsp3) is 0.579. The molecule has 1 unspecified atom stereocenters. The minimum atomic E-state index is 0.0207. The van der Waals surface area contributed by atoms with Gasteiger partial charge in [-0.25, -0.2) is 4.68 Å². The quantitative estimate of drug-likeness (QED) is 0.736. The molecule has 0 radical (unpaired) electrons. The Hall–Kier alpha value is -2.52. The van der Waals surface area contributed by atoms with Crippen molar-refractivity contribution in [2.45, 2.75) is 38.4 Å². The Balaban J connectivity index is 1.20. The van der Waals surface area contributed by atoms with Gasteiger partial charge >= 0.3 is 0 Å². The molecule has 2 aliphatic rings. The minimum absolute atomic E-state index is 0.0207. The van der Waals surface area contributed by atoms with Crippen molar-refractivity contribution in [2.75, 3.05) is 32.9 Å². The summed E-state index contributed by atoms with van der Waals surface area (Å²) in [7, 11) is 0. The molecule has 150 valence electrons. The second-order valence-corrected chi connectivity index (χ2v) is 7.20. The number of amides is 1. The summed E-state index contributed by atoms with van der Waals surface area (Å²) < 4.78 is 12.9. The van der Waals surface area contributed by atoms with Gasteiger partial charge in [-0.15, -0.1) is 5.10 Å². The van der Waals surface area contributed by atoms with Gasteiger partial charge in [-0.05, 0) is 34.9 Å². The van der Waals surface area contributed by atoms with E-state index in [0.717, 1.165) is 49.9 Å². The van der Waals surface area contributed by atoms with Crippen molar-refractivity contribution < 1.29 is 14.3 Å². The minimum Gasteiger partial charge on any atom is -0.491 e. The van der Waals surface area contributed by atoms with Gasteiger partial charge in [0.1, 0.15) is 12.4 Å². The van der Waals surface area contributed by atoms with Gasteiger partial charge in [0.2, 0.25) is 5.91 Å².